The largest absolute Gasteiger partial charge is 0.469 e. The summed E-state index contributed by atoms with van der Waals surface area (Å²) < 4.78 is 4.78. The molecule has 1 aromatic heterocycles. The molecule has 0 amide bonds. The van der Waals surface area contributed by atoms with Crippen molar-refractivity contribution in [3.8, 4) is 0 Å². The fourth-order valence-electron chi connectivity index (χ4n) is 2.29. The van der Waals surface area contributed by atoms with Gasteiger partial charge in [-0.1, -0.05) is 0 Å². The minimum Gasteiger partial charge on any atom is -0.469 e. The van der Waals surface area contributed by atoms with E-state index in [0.717, 1.165) is 19.4 Å². The minimum atomic E-state index is -0.167. The Labute approximate surface area is 111 Å². The zero-order chi connectivity index (χ0) is 13.8. The summed E-state index contributed by atoms with van der Waals surface area (Å²) in [7, 11) is 1.41. The fourth-order valence-corrected chi connectivity index (χ4v) is 2.29. The number of anilines is 2. The number of nitrogen functional groups attached to an aromatic ring is 2. The number of nitrogens with two attached hydrogens (primary N) is 2. The molecule has 0 saturated carbocycles. The van der Waals surface area contributed by atoms with E-state index in [9.17, 15) is 4.79 Å². The second kappa shape index (κ2) is 5.79. The molecule has 8 heteroatoms. The van der Waals surface area contributed by atoms with Crippen LogP contribution in [0.2, 0.25) is 0 Å². The van der Waals surface area contributed by atoms with Gasteiger partial charge in [-0.25, -0.2) is 0 Å². The lowest BCUT2D eigenvalue weighted by atomic mass is 9.98. The molecule has 0 spiro atoms. The molecule has 0 bridgehead atoms. The van der Waals surface area contributed by atoms with Crippen molar-refractivity contribution in [1.29, 1.82) is 0 Å². The van der Waals surface area contributed by atoms with Crippen LogP contribution in [0.25, 0.3) is 0 Å². The molecule has 1 saturated heterocycles. The van der Waals surface area contributed by atoms with Crippen LogP contribution in [0, 0.1) is 5.92 Å². The summed E-state index contributed by atoms with van der Waals surface area (Å²) in [6, 6.07) is 0. The Kier molecular flexibility index (Phi) is 4.10. The molecule has 2 heterocycles. The van der Waals surface area contributed by atoms with E-state index in [1.165, 1.54) is 7.11 Å². The number of hydrogen-bond acceptors (Lipinski definition) is 8. The van der Waals surface area contributed by atoms with Crippen LogP contribution >= 0.6 is 0 Å². The second-order valence-electron chi connectivity index (χ2n) is 4.57. The SMILES string of the molecule is COC(=O)[C@H]1CCCN(Cc2nc(N)nc(N)n2)C1. The summed E-state index contributed by atoms with van der Waals surface area (Å²) in [5, 5.41) is 0. The minimum absolute atomic E-state index is 0.0877. The zero-order valence-electron chi connectivity index (χ0n) is 10.9. The van der Waals surface area contributed by atoms with E-state index in [1.54, 1.807) is 0 Å². The molecule has 4 N–H and O–H groups in total. The molecular weight excluding hydrogens is 248 g/mol. The van der Waals surface area contributed by atoms with Gasteiger partial charge >= 0.3 is 5.97 Å². The molecule has 19 heavy (non-hydrogen) atoms. The molecule has 1 aliphatic rings. The lowest BCUT2D eigenvalue weighted by molar-refractivity contribution is -0.147. The second-order valence-corrected chi connectivity index (χ2v) is 4.57. The van der Waals surface area contributed by atoms with E-state index in [2.05, 4.69) is 19.9 Å². The number of esters is 1. The highest BCUT2D eigenvalue weighted by atomic mass is 16.5. The Balaban J connectivity index is 2.00. The van der Waals surface area contributed by atoms with Crippen molar-refractivity contribution in [2.75, 3.05) is 31.7 Å². The summed E-state index contributed by atoms with van der Waals surface area (Å²) in [5.41, 5.74) is 11.1. The third-order valence-corrected chi connectivity index (χ3v) is 3.12. The summed E-state index contributed by atoms with van der Waals surface area (Å²) >= 11 is 0. The normalized spacial score (nSPS) is 20.2. The van der Waals surface area contributed by atoms with Crippen LogP contribution in [0.4, 0.5) is 11.9 Å². The van der Waals surface area contributed by atoms with Gasteiger partial charge in [-0.05, 0) is 19.4 Å². The number of ether oxygens (including phenoxy) is 1. The van der Waals surface area contributed by atoms with E-state index >= 15 is 0 Å². The Bertz CT molecular complexity index is 446. The maximum absolute atomic E-state index is 11.5. The number of carbonyl (C=O) groups is 1. The van der Waals surface area contributed by atoms with Gasteiger partial charge < -0.3 is 16.2 Å². The van der Waals surface area contributed by atoms with E-state index < -0.39 is 0 Å². The molecule has 1 aliphatic heterocycles. The molecule has 2 rings (SSSR count). The summed E-state index contributed by atoms with van der Waals surface area (Å²) in [6.45, 7) is 2.03. The van der Waals surface area contributed by atoms with Gasteiger partial charge in [0, 0.05) is 6.54 Å². The van der Waals surface area contributed by atoms with E-state index in [1.807, 2.05) is 0 Å². The fraction of sp³-hybridized carbons (Fsp3) is 0.636. The van der Waals surface area contributed by atoms with Gasteiger partial charge in [0.15, 0.2) is 0 Å². The number of nitrogens with zero attached hydrogens (tertiary/aromatic N) is 4. The van der Waals surface area contributed by atoms with Gasteiger partial charge in [0.1, 0.15) is 5.82 Å². The molecule has 0 unspecified atom stereocenters. The average molecular weight is 266 g/mol. The van der Waals surface area contributed by atoms with Gasteiger partial charge in [-0.15, -0.1) is 0 Å². The topological polar surface area (TPSA) is 120 Å². The molecule has 104 valence electrons. The van der Waals surface area contributed by atoms with Crippen LogP contribution in [-0.4, -0.2) is 46.0 Å². The first-order valence-corrected chi connectivity index (χ1v) is 6.14. The number of likely N-dealkylation sites (tertiary alicyclic amines) is 1. The predicted molar refractivity (Wildman–Crippen MR) is 68.7 cm³/mol. The van der Waals surface area contributed by atoms with Crippen LogP contribution in [0.1, 0.15) is 18.7 Å². The number of carbonyl (C=O) groups excluding carboxylic acids is 1. The van der Waals surface area contributed by atoms with Crippen LogP contribution in [0.15, 0.2) is 0 Å². The molecule has 1 atom stereocenters. The van der Waals surface area contributed by atoms with Gasteiger partial charge in [0.25, 0.3) is 0 Å². The van der Waals surface area contributed by atoms with Gasteiger partial charge in [0.05, 0.1) is 19.6 Å². The first kappa shape index (κ1) is 13.5. The average Bonchev–Trinajstić information content (AvgIpc) is 2.37. The first-order valence-electron chi connectivity index (χ1n) is 6.14. The molecule has 0 aromatic carbocycles. The van der Waals surface area contributed by atoms with Crippen molar-refractivity contribution < 1.29 is 9.53 Å². The Morgan fingerprint density at radius 2 is 2.05 bits per heavy atom. The van der Waals surface area contributed by atoms with Crippen molar-refractivity contribution in [2.24, 2.45) is 5.92 Å². The Morgan fingerprint density at radius 3 is 2.68 bits per heavy atom. The lowest BCUT2D eigenvalue weighted by Crippen LogP contribution is -2.39. The lowest BCUT2D eigenvalue weighted by Gasteiger charge is -2.30. The number of methoxy groups -OCH3 is 1. The van der Waals surface area contributed by atoms with Crippen molar-refractivity contribution in [3.63, 3.8) is 0 Å². The summed E-state index contributed by atoms with van der Waals surface area (Å²) in [6.07, 6.45) is 1.79. The quantitative estimate of drug-likeness (QED) is 0.697. The number of piperidine rings is 1. The van der Waals surface area contributed by atoms with Crippen molar-refractivity contribution in [1.82, 2.24) is 19.9 Å². The zero-order valence-corrected chi connectivity index (χ0v) is 10.9. The number of rotatable bonds is 3. The third-order valence-electron chi connectivity index (χ3n) is 3.12. The standard InChI is InChI=1S/C11H18N6O2/c1-19-9(18)7-3-2-4-17(5-7)6-8-14-10(12)16-11(13)15-8/h7H,2-6H2,1H3,(H4,12,13,14,15,16)/t7-/m0/s1. The third kappa shape index (κ3) is 3.50. The van der Waals surface area contributed by atoms with Crippen LogP contribution in [0.5, 0.6) is 0 Å². The highest BCUT2D eigenvalue weighted by Crippen LogP contribution is 2.19. The van der Waals surface area contributed by atoms with Crippen molar-refractivity contribution in [2.45, 2.75) is 19.4 Å². The van der Waals surface area contributed by atoms with Crippen molar-refractivity contribution in [3.05, 3.63) is 5.82 Å². The highest BCUT2D eigenvalue weighted by Gasteiger charge is 2.26. The van der Waals surface area contributed by atoms with E-state index in [4.69, 9.17) is 16.2 Å². The highest BCUT2D eigenvalue weighted by molar-refractivity contribution is 5.72. The molecule has 0 radical (unpaired) electrons. The smallest absolute Gasteiger partial charge is 0.309 e. The molecule has 1 aromatic rings. The number of hydrogen-bond donors (Lipinski definition) is 2. The number of aromatic nitrogens is 3. The maximum atomic E-state index is 11.5. The maximum Gasteiger partial charge on any atom is 0.309 e. The molecule has 0 aliphatic carbocycles. The van der Waals surface area contributed by atoms with E-state index in [-0.39, 0.29) is 23.8 Å². The monoisotopic (exact) mass is 266 g/mol. The summed E-state index contributed by atoms with van der Waals surface area (Å²) in [5.74, 6) is 0.498. The van der Waals surface area contributed by atoms with Crippen LogP contribution in [-0.2, 0) is 16.1 Å². The van der Waals surface area contributed by atoms with Gasteiger partial charge in [-0.3, -0.25) is 9.69 Å². The predicted octanol–water partition coefficient (Wildman–Crippen LogP) is -0.579. The summed E-state index contributed by atoms with van der Waals surface area (Å²) in [4.78, 5) is 25.4. The van der Waals surface area contributed by atoms with Crippen LogP contribution in [0.3, 0.4) is 0 Å². The van der Waals surface area contributed by atoms with Gasteiger partial charge in [-0.2, -0.15) is 15.0 Å². The van der Waals surface area contributed by atoms with Gasteiger partial charge in [0.2, 0.25) is 11.9 Å². The first-order chi connectivity index (χ1) is 9.08. The Hall–Kier alpha value is -1.96. The van der Waals surface area contributed by atoms with Crippen molar-refractivity contribution >= 4 is 17.9 Å². The molecule has 8 nitrogen and oxygen atoms in total. The molecule has 1 fully saturated rings. The molecular formula is C11H18N6O2. The van der Waals surface area contributed by atoms with Crippen LogP contribution < -0.4 is 11.5 Å². The van der Waals surface area contributed by atoms with E-state index in [0.29, 0.717) is 18.9 Å². The Morgan fingerprint density at radius 1 is 1.37 bits per heavy atom.